The summed E-state index contributed by atoms with van der Waals surface area (Å²) in [6.07, 6.45) is 81.2. The number of aliphatic hydroxyl groups excluding tert-OH is 2. The van der Waals surface area contributed by atoms with Gasteiger partial charge in [0, 0.05) is 19.3 Å². The van der Waals surface area contributed by atoms with E-state index < -0.39 is 91.5 Å². The molecular weight excluding hydrogens is 1240 g/mol. The van der Waals surface area contributed by atoms with Gasteiger partial charge in [-0.05, 0) is 116 Å². The Labute approximate surface area is 576 Å². The van der Waals surface area contributed by atoms with Crippen molar-refractivity contribution in [2.24, 2.45) is 0 Å². The van der Waals surface area contributed by atoms with Gasteiger partial charge >= 0.3 is 33.6 Å². The molecule has 0 aromatic carbocycles. The number of ether oxygens (including phenoxy) is 3. The number of esters is 3. The molecule has 0 aliphatic heterocycles. The molecular formula is C77H132O16P2. The van der Waals surface area contributed by atoms with E-state index in [0.29, 0.717) is 19.3 Å². The summed E-state index contributed by atoms with van der Waals surface area (Å²) in [5.41, 5.74) is 0. The van der Waals surface area contributed by atoms with E-state index >= 15 is 0 Å². The molecule has 546 valence electrons. The number of hydrogen-bond acceptors (Lipinski definition) is 14. The zero-order valence-electron chi connectivity index (χ0n) is 59.3. The SMILES string of the molecule is CC/C=C\C/C=C\C/C=C\C/C=C\C/C=C\C/C=C\CCCCC(=O)OCC(COP(=O)(O)OCC(O)COP(=O)(O)OCC(O)COC(=O)CCCCCCCCCCCCC/C=C\C/C=C\C/C=C\C/C=C\CCCCC)OC(=O)CCCCCCCCCCCCC. The van der Waals surface area contributed by atoms with Crippen LogP contribution in [-0.2, 0) is 55.8 Å². The molecule has 0 aliphatic rings. The fourth-order valence-electron chi connectivity index (χ4n) is 9.56. The summed E-state index contributed by atoms with van der Waals surface area (Å²) in [5.74, 6) is -1.63. The number of aliphatic hydroxyl groups is 2. The van der Waals surface area contributed by atoms with Crippen LogP contribution in [0.1, 0.15) is 290 Å². The third-order valence-electron chi connectivity index (χ3n) is 15.2. The zero-order valence-corrected chi connectivity index (χ0v) is 61.1. The molecule has 4 N–H and O–H groups in total. The van der Waals surface area contributed by atoms with Crippen LogP contribution in [0.3, 0.4) is 0 Å². The third kappa shape index (κ3) is 71.1. The van der Waals surface area contributed by atoms with Crippen molar-refractivity contribution in [2.75, 3.05) is 39.6 Å². The minimum atomic E-state index is -4.93. The third-order valence-corrected chi connectivity index (χ3v) is 17.1. The van der Waals surface area contributed by atoms with Crippen LogP contribution in [-0.4, -0.2) is 95.9 Å². The number of phosphoric ester groups is 2. The minimum absolute atomic E-state index is 0.0945. The molecule has 0 fully saturated rings. The van der Waals surface area contributed by atoms with E-state index in [9.17, 15) is 43.5 Å². The zero-order chi connectivity index (χ0) is 69.5. The Morgan fingerprint density at radius 2 is 0.558 bits per heavy atom. The number of unbranched alkanes of at least 4 members (excludes halogenated alkanes) is 26. The number of carbonyl (C=O) groups excluding carboxylic acids is 3. The molecule has 0 spiro atoms. The average molecular weight is 1380 g/mol. The molecule has 5 atom stereocenters. The van der Waals surface area contributed by atoms with E-state index in [2.05, 4.69) is 142 Å². The van der Waals surface area contributed by atoms with E-state index in [4.69, 9.17) is 32.3 Å². The second-order valence-corrected chi connectivity index (χ2v) is 27.3. The smallest absolute Gasteiger partial charge is 0.463 e. The van der Waals surface area contributed by atoms with E-state index in [1.165, 1.54) is 109 Å². The van der Waals surface area contributed by atoms with Crippen LogP contribution < -0.4 is 0 Å². The van der Waals surface area contributed by atoms with Gasteiger partial charge in [0.05, 0.1) is 26.4 Å². The van der Waals surface area contributed by atoms with Gasteiger partial charge in [-0.15, -0.1) is 0 Å². The van der Waals surface area contributed by atoms with Gasteiger partial charge in [0.2, 0.25) is 0 Å². The highest BCUT2D eigenvalue weighted by Gasteiger charge is 2.29. The predicted octanol–water partition coefficient (Wildman–Crippen LogP) is 21.0. The van der Waals surface area contributed by atoms with Gasteiger partial charge < -0.3 is 34.2 Å². The molecule has 0 rings (SSSR count). The molecule has 0 radical (unpaired) electrons. The van der Waals surface area contributed by atoms with Gasteiger partial charge in [0.1, 0.15) is 25.4 Å². The van der Waals surface area contributed by atoms with Gasteiger partial charge in [-0.2, -0.15) is 0 Å². The van der Waals surface area contributed by atoms with Crippen LogP contribution in [0.2, 0.25) is 0 Å². The van der Waals surface area contributed by atoms with Crippen LogP contribution in [0.5, 0.6) is 0 Å². The van der Waals surface area contributed by atoms with Crippen LogP contribution in [0.4, 0.5) is 0 Å². The van der Waals surface area contributed by atoms with Crippen molar-refractivity contribution in [1.29, 1.82) is 0 Å². The normalized spacial score (nSPS) is 14.8. The van der Waals surface area contributed by atoms with Gasteiger partial charge in [0.25, 0.3) is 0 Å². The molecule has 0 aromatic heterocycles. The second-order valence-electron chi connectivity index (χ2n) is 24.4. The fourth-order valence-corrected chi connectivity index (χ4v) is 11.1. The van der Waals surface area contributed by atoms with Crippen LogP contribution in [0.15, 0.2) is 122 Å². The first-order chi connectivity index (χ1) is 46.2. The first-order valence-electron chi connectivity index (χ1n) is 36.8. The Kier molecular flexibility index (Phi) is 66.9. The molecule has 16 nitrogen and oxygen atoms in total. The lowest BCUT2D eigenvalue weighted by atomic mass is 10.0. The Hall–Kier alpha value is -4.05. The molecule has 0 heterocycles. The minimum Gasteiger partial charge on any atom is -0.463 e. The van der Waals surface area contributed by atoms with Crippen molar-refractivity contribution in [3.05, 3.63) is 122 Å². The summed E-state index contributed by atoms with van der Waals surface area (Å²) in [6.45, 7) is 2.47. The highest BCUT2D eigenvalue weighted by Crippen LogP contribution is 2.45. The summed E-state index contributed by atoms with van der Waals surface area (Å²) in [6, 6.07) is 0. The fraction of sp³-hybridized carbons (Fsp3) is 0.701. The number of hydrogen-bond donors (Lipinski definition) is 4. The number of phosphoric acid groups is 2. The molecule has 95 heavy (non-hydrogen) atoms. The Balaban J connectivity index is 4.53. The summed E-state index contributed by atoms with van der Waals surface area (Å²) in [7, 11) is -9.79. The van der Waals surface area contributed by atoms with E-state index in [1.807, 2.05) is 0 Å². The molecule has 0 saturated heterocycles. The topological polar surface area (TPSA) is 231 Å². The van der Waals surface area contributed by atoms with Crippen molar-refractivity contribution < 1.29 is 75.8 Å². The summed E-state index contributed by atoms with van der Waals surface area (Å²) in [5, 5.41) is 20.6. The van der Waals surface area contributed by atoms with Crippen LogP contribution >= 0.6 is 15.6 Å². The van der Waals surface area contributed by atoms with Crippen molar-refractivity contribution >= 4 is 33.6 Å². The second kappa shape index (κ2) is 69.8. The maximum absolute atomic E-state index is 12.9. The molecule has 0 amide bonds. The number of rotatable bonds is 69. The number of carbonyl (C=O) groups is 3. The lowest BCUT2D eigenvalue weighted by molar-refractivity contribution is -0.161. The lowest BCUT2D eigenvalue weighted by Gasteiger charge is -2.21. The van der Waals surface area contributed by atoms with Gasteiger partial charge in [-0.25, -0.2) is 9.13 Å². The molecule has 0 saturated carbocycles. The predicted molar refractivity (Wildman–Crippen MR) is 390 cm³/mol. The Morgan fingerprint density at radius 3 is 0.926 bits per heavy atom. The van der Waals surface area contributed by atoms with E-state index in [1.54, 1.807) is 0 Å². The van der Waals surface area contributed by atoms with Gasteiger partial charge in [-0.3, -0.25) is 32.5 Å². The van der Waals surface area contributed by atoms with Crippen LogP contribution in [0, 0.1) is 0 Å². The first kappa shape index (κ1) is 91.0. The van der Waals surface area contributed by atoms with Crippen molar-refractivity contribution in [1.82, 2.24) is 0 Å². The molecule has 0 bridgehead atoms. The molecule has 0 aromatic rings. The summed E-state index contributed by atoms with van der Waals surface area (Å²) >= 11 is 0. The first-order valence-corrected chi connectivity index (χ1v) is 39.8. The van der Waals surface area contributed by atoms with Crippen molar-refractivity contribution in [3.63, 3.8) is 0 Å². The largest absolute Gasteiger partial charge is 0.472 e. The lowest BCUT2D eigenvalue weighted by Crippen LogP contribution is -2.30. The standard InChI is InChI=1S/C77H132O16P2/c1-4-7-10-13-16-19-22-24-26-28-30-32-33-34-35-36-37-39-41-42-44-46-49-51-54-57-60-63-75(80)87-66-72(78)67-89-94(83,84)90-68-73(79)69-91-95(85,86)92-71-74(93-77(82)65-62-59-56-53-48-21-18-15-12-9-6-3)70-88-76(81)64-61-58-55-52-50-47-45-43-40-38-31-29-27-25-23-20-17-14-11-8-5-2/h8,11,16-17,19-20,24-27,30-32,34-35,38,43,45,50,52,72-74,78-79H,4-7,9-10,12-15,18,21-23,28-29,33,36-37,39-42,44,46-49,51,53-71H2,1-3H3,(H,83,84)(H,85,86)/b11-8-,19-16-,20-17-,26-24-,27-25-,32-30-,35-34-,38-31-,45-43-,52-50-. The average Bonchev–Trinajstić information content (AvgIpc) is 3.77. The Morgan fingerprint density at radius 1 is 0.305 bits per heavy atom. The van der Waals surface area contributed by atoms with Crippen molar-refractivity contribution in [2.45, 2.75) is 309 Å². The Bertz CT molecular complexity index is 2210. The highest BCUT2D eigenvalue weighted by atomic mass is 31.2. The summed E-state index contributed by atoms with van der Waals surface area (Å²) < 4.78 is 60.9. The molecule has 5 unspecified atom stereocenters. The highest BCUT2D eigenvalue weighted by molar-refractivity contribution is 7.47. The quantitative estimate of drug-likeness (QED) is 0.0146. The van der Waals surface area contributed by atoms with Gasteiger partial charge in [0.15, 0.2) is 6.10 Å². The molecule has 0 aliphatic carbocycles. The molecule has 18 heteroatoms. The maximum Gasteiger partial charge on any atom is 0.472 e. The van der Waals surface area contributed by atoms with Gasteiger partial charge in [-0.1, -0.05) is 277 Å². The monoisotopic (exact) mass is 1370 g/mol. The number of allylic oxidation sites excluding steroid dienone is 20. The van der Waals surface area contributed by atoms with E-state index in [-0.39, 0.29) is 19.3 Å². The van der Waals surface area contributed by atoms with Crippen LogP contribution in [0.25, 0.3) is 0 Å². The maximum atomic E-state index is 12.9. The van der Waals surface area contributed by atoms with Crippen molar-refractivity contribution in [3.8, 4) is 0 Å². The van der Waals surface area contributed by atoms with E-state index in [0.717, 1.165) is 122 Å². The summed E-state index contributed by atoms with van der Waals surface area (Å²) in [4.78, 5) is 58.4.